The molecule has 1 aliphatic heterocycles. The standard InChI is InChI=1S/C29H23FN4O3S3/c1-18-5-4-6-21(15-18)31-25(35)17-39-28-32-22-7-2-3-8-23(22)34(28)26(36)13-14-33-27(37)24(40-29(33)38)16-19-9-11-20(30)12-10-19/h2-12,15-16H,13-14,17H2,1H3,(H,31,35)/b24-16-. The third-order valence-corrected chi connectivity index (χ3v) is 8.32. The summed E-state index contributed by atoms with van der Waals surface area (Å²) in [7, 11) is 0. The first kappa shape index (κ1) is 27.8. The van der Waals surface area contributed by atoms with Gasteiger partial charge in [-0.05, 0) is 60.5 Å². The van der Waals surface area contributed by atoms with Crippen molar-refractivity contribution in [3.05, 3.63) is 94.6 Å². The van der Waals surface area contributed by atoms with Crippen molar-refractivity contribution in [3.63, 3.8) is 0 Å². The average Bonchev–Trinajstić information content (AvgIpc) is 3.43. The molecule has 0 spiro atoms. The number of benzene rings is 3. The maximum Gasteiger partial charge on any atom is 0.266 e. The molecule has 0 atom stereocenters. The maximum atomic E-state index is 13.5. The van der Waals surface area contributed by atoms with Crippen molar-refractivity contribution < 1.29 is 18.8 Å². The van der Waals surface area contributed by atoms with Crippen molar-refractivity contribution >= 4 is 80.6 Å². The molecule has 5 rings (SSSR count). The minimum absolute atomic E-state index is 0.000326. The van der Waals surface area contributed by atoms with Gasteiger partial charge in [0.15, 0.2) is 5.16 Å². The smallest absolute Gasteiger partial charge is 0.266 e. The number of para-hydroxylation sites is 2. The molecule has 3 aromatic carbocycles. The molecule has 1 saturated heterocycles. The van der Waals surface area contributed by atoms with E-state index in [1.165, 1.54) is 33.4 Å². The number of nitrogens with zero attached hydrogens (tertiary/aromatic N) is 3. The monoisotopic (exact) mass is 590 g/mol. The lowest BCUT2D eigenvalue weighted by molar-refractivity contribution is -0.122. The molecule has 0 saturated carbocycles. The number of thiocarbonyl (C=S) groups is 1. The topological polar surface area (TPSA) is 84.3 Å². The van der Waals surface area contributed by atoms with Gasteiger partial charge in [0, 0.05) is 18.7 Å². The average molecular weight is 591 g/mol. The SMILES string of the molecule is Cc1cccc(NC(=O)CSc2nc3ccccc3n2C(=O)CCN2C(=O)/C(=C/c3ccc(F)cc3)SC2=S)c1. The van der Waals surface area contributed by atoms with Crippen LogP contribution >= 0.6 is 35.7 Å². The molecular weight excluding hydrogens is 568 g/mol. The first-order chi connectivity index (χ1) is 19.3. The Labute approximate surface area is 243 Å². The molecule has 1 aromatic heterocycles. The minimum atomic E-state index is -0.361. The van der Waals surface area contributed by atoms with Gasteiger partial charge in [0.2, 0.25) is 11.8 Å². The third-order valence-electron chi connectivity index (χ3n) is 6.00. The van der Waals surface area contributed by atoms with E-state index in [1.54, 1.807) is 30.3 Å². The van der Waals surface area contributed by atoms with E-state index in [2.05, 4.69) is 10.3 Å². The normalized spacial score (nSPS) is 14.3. The number of rotatable bonds is 8. The second-order valence-corrected chi connectivity index (χ2v) is 11.6. The van der Waals surface area contributed by atoms with Crippen molar-refractivity contribution in [3.8, 4) is 0 Å². The van der Waals surface area contributed by atoms with Gasteiger partial charge in [-0.2, -0.15) is 0 Å². The summed E-state index contributed by atoms with van der Waals surface area (Å²) in [6, 6.07) is 20.6. The van der Waals surface area contributed by atoms with Crippen LogP contribution in [-0.4, -0.2) is 48.8 Å². The summed E-state index contributed by atoms with van der Waals surface area (Å²) in [5.41, 5.74) is 3.66. The number of fused-ring (bicyclic) bond motifs is 1. The Morgan fingerprint density at radius 2 is 1.88 bits per heavy atom. The van der Waals surface area contributed by atoms with Crippen LogP contribution in [0.2, 0.25) is 0 Å². The van der Waals surface area contributed by atoms with Crippen LogP contribution in [0.1, 0.15) is 22.3 Å². The van der Waals surface area contributed by atoms with E-state index in [0.717, 1.165) is 17.3 Å². The van der Waals surface area contributed by atoms with E-state index >= 15 is 0 Å². The molecule has 1 N–H and O–H groups in total. The van der Waals surface area contributed by atoms with E-state index in [1.807, 2.05) is 43.3 Å². The van der Waals surface area contributed by atoms with E-state index in [4.69, 9.17) is 12.2 Å². The van der Waals surface area contributed by atoms with Gasteiger partial charge in [-0.3, -0.25) is 23.9 Å². The summed E-state index contributed by atoms with van der Waals surface area (Å²) in [6.45, 7) is 2.04. The molecule has 11 heteroatoms. The molecule has 1 aliphatic rings. The second-order valence-electron chi connectivity index (χ2n) is 8.95. The Kier molecular flexibility index (Phi) is 8.43. The Morgan fingerprint density at radius 1 is 1.10 bits per heavy atom. The quantitative estimate of drug-likeness (QED) is 0.150. The van der Waals surface area contributed by atoms with Gasteiger partial charge in [0.25, 0.3) is 5.91 Å². The summed E-state index contributed by atoms with van der Waals surface area (Å²) in [6.07, 6.45) is 1.65. The van der Waals surface area contributed by atoms with Crippen molar-refractivity contribution in [2.45, 2.75) is 18.5 Å². The zero-order chi connectivity index (χ0) is 28.2. The number of imidazole rings is 1. The Bertz CT molecular complexity index is 1670. The summed E-state index contributed by atoms with van der Waals surface area (Å²) in [4.78, 5) is 45.5. The Balaban J connectivity index is 1.28. The minimum Gasteiger partial charge on any atom is -0.325 e. The highest BCUT2D eigenvalue weighted by atomic mass is 32.2. The lowest BCUT2D eigenvalue weighted by atomic mass is 10.2. The van der Waals surface area contributed by atoms with Crippen molar-refractivity contribution in [1.82, 2.24) is 14.5 Å². The lowest BCUT2D eigenvalue weighted by Gasteiger charge is -2.15. The van der Waals surface area contributed by atoms with Crippen molar-refractivity contribution in [1.29, 1.82) is 0 Å². The molecule has 2 amide bonds. The van der Waals surface area contributed by atoms with E-state index in [9.17, 15) is 18.8 Å². The fraction of sp³-hybridized carbons (Fsp3) is 0.138. The van der Waals surface area contributed by atoms with Crippen molar-refractivity contribution in [2.75, 3.05) is 17.6 Å². The number of anilines is 1. The maximum absolute atomic E-state index is 13.5. The number of hydrogen-bond acceptors (Lipinski definition) is 7. The summed E-state index contributed by atoms with van der Waals surface area (Å²) in [5.74, 6) is -1.09. The van der Waals surface area contributed by atoms with Gasteiger partial charge in [0.05, 0.1) is 21.7 Å². The van der Waals surface area contributed by atoms with Gasteiger partial charge < -0.3 is 5.32 Å². The van der Waals surface area contributed by atoms with Crippen LogP contribution in [0, 0.1) is 12.7 Å². The predicted molar refractivity (Wildman–Crippen MR) is 162 cm³/mol. The molecule has 0 aliphatic carbocycles. The van der Waals surface area contributed by atoms with Crippen LogP contribution in [0.4, 0.5) is 10.1 Å². The second kappa shape index (κ2) is 12.2. The number of aromatic nitrogens is 2. The van der Waals surface area contributed by atoms with Crippen LogP contribution in [0.3, 0.4) is 0 Å². The fourth-order valence-corrected chi connectivity index (χ4v) is 6.25. The number of carbonyl (C=O) groups is 3. The van der Waals surface area contributed by atoms with Gasteiger partial charge in [-0.1, -0.05) is 72.1 Å². The number of carbonyl (C=O) groups excluding carboxylic acids is 3. The van der Waals surface area contributed by atoms with E-state index < -0.39 is 0 Å². The van der Waals surface area contributed by atoms with Crippen LogP contribution in [0.15, 0.2) is 82.9 Å². The zero-order valence-electron chi connectivity index (χ0n) is 21.3. The molecule has 4 aromatic rings. The highest BCUT2D eigenvalue weighted by Gasteiger charge is 2.32. The highest BCUT2D eigenvalue weighted by molar-refractivity contribution is 8.26. The molecule has 40 heavy (non-hydrogen) atoms. The van der Waals surface area contributed by atoms with Crippen LogP contribution in [-0.2, 0) is 9.59 Å². The molecule has 1 fully saturated rings. The molecule has 0 unspecified atom stereocenters. The first-order valence-electron chi connectivity index (χ1n) is 12.3. The molecule has 7 nitrogen and oxygen atoms in total. The van der Waals surface area contributed by atoms with Gasteiger partial charge in [-0.15, -0.1) is 0 Å². The van der Waals surface area contributed by atoms with E-state index in [-0.39, 0.29) is 42.3 Å². The highest BCUT2D eigenvalue weighted by Crippen LogP contribution is 2.33. The Morgan fingerprint density at radius 3 is 2.65 bits per heavy atom. The molecule has 202 valence electrons. The fourth-order valence-electron chi connectivity index (χ4n) is 4.11. The van der Waals surface area contributed by atoms with Crippen molar-refractivity contribution in [2.24, 2.45) is 0 Å². The number of amides is 2. The lowest BCUT2D eigenvalue weighted by Crippen LogP contribution is -2.31. The summed E-state index contributed by atoms with van der Waals surface area (Å²) in [5, 5.41) is 3.26. The van der Waals surface area contributed by atoms with Crippen LogP contribution in [0.25, 0.3) is 17.1 Å². The van der Waals surface area contributed by atoms with Gasteiger partial charge in [-0.25, -0.2) is 9.37 Å². The van der Waals surface area contributed by atoms with Gasteiger partial charge in [0.1, 0.15) is 10.1 Å². The number of aryl methyl sites for hydroxylation is 1. The summed E-state index contributed by atoms with van der Waals surface area (Å²) >= 11 is 7.72. The zero-order valence-corrected chi connectivity index (χ0v) is 23.7. The Hall–Kier alpha value is -3.80. The number of thioether (sulfide) groups is 2. The summed E-state index contributed by atoms with van der Waals surface area (Å²) < 4.78 is 15.1. The molecular formula is C29H23FN4O3S3. The molecule has 0 bridgehead atoms. The number of hydrogen-bond donors (Lipinski definition) is 1. The molecule has 2 heterocycles. The van der Waals surface area contributed by atoms with Gasteiger partial charge >= 0.3 is 0 Å². The van der Waals surface area contributed by atoms with Crippen LogP contribution < -0.4 is 5.32 Å². The first-order valence-corrected chi connectivity index (χ1v) is 14.5. The molecule has 0 radical (unpaired) electrons. The number of halogens is 1. The van der Waals surface area contributed by atoms with E-state index in [0.29, 0.717) is 36.7 Å². The van der Waals surface area contributed by atoms with Crippen LogP contribution in [0.5, 0.6) is 0 Å². The predicted octanol–water partition coefficient (Wildman–Crippen LogP) is 6.15. The largest absolute Gasteiger partial charge is 0.325 e. The third kappa shape index (κ3) is 6.33. The number of nitrogens with one attached hydrogen (secondary N) is 1.